The summed E-state index contributed by atoms with van der Waals surface area (Å²) in [6.07, 6.45) is 0.158. The minimum absolute atomic E-state index is 0.0722. The normalized spacial score (nSPS) is 18.1. The Morgan fingerprint density at radius 3 is 2.79 bits per heavy atom. The van der Waals surface area contributed by atoms with Crippen molar-refractivity contribution in [1.82, 2.24) is 4.90 Å². The monoisotopic (exact) mass is 365 g/mol. The number of amides is 1. The number of hydrogen-bond acceptors (Lipinski definition) is 5. The van der Waals surface area contributed by atoms with E-state index in [1.54, 1.807) is 42.2 Å². The Labute approximate surface area is 145 Å². The molecule has 0 bridgehead atoms. The third-order valence-corrected chi connectivity index (χ3v) is 7.56. The first-order valence-corrected chi connectivity index (χ1v) is 10.3. The second-order valence-electron chi connectivity index (χ2n) is 5.80. The molecule has 7 heteroatoms. The van der Waals surface area contributed by atoms with Gasteiger partial charge < -0.3 is 10.0 Å². The van der Waals surface area contributed by atoms with E-state index in [2.05, 4.69) is 0 Å². The Hall–Kier alpha value is -1.70. The molecular weight excluding hydrogens is 346 g/mol. The number of carbonyl (C=O) groups is 1. The molecule has 2 heterocycles. The zero-order valence-electron chi connectivity index (χ0n) is 13.3. The first-order valence-electron chi connectivity index (χ1n) is 7.81. The first-order chi connectivity index (χ1) is 11.4. The number of sulfone groups is 1. The zero-order chi connectivity index (χ0) is 17.3. The molecule has 1 aliphatic heterocycles. The van der Waals surface area contributed by atoms with Crippen LogP contribution in [-0.4, -0.2) is 49.3 Å². The average molecular weight is 365 g/mol. The van der Waals surface area contributed by atoms with Crippen molar-refractivity contribution in [1.29, 1.82) is 0 Å². The maximum absolute atomic E-state index is 12.5. The standard InChI is InChI=1S/C17H19NO4S2/c1-2-24(21,22)16-7-6-15(23-16)12-4-3-5-13(10-12)17(20)18-9-8-14(19)11-18/h3-7,10,14,19H,2,8-9,11H2,1H3. The summed E-state index contributed by atoms with van der Waals surface area (Å²) in [7, 11) is -3.22. The van der Waals surface area contributed by atoms with E-state index in [0.717, 1.165) is 10.4 Å². The van der Waals surface area contributed by atoms with E-state index in [1.165, 1.54) is 11.3 Å². The smallest absolute Gasteiger partial charge is 0.253 e. The van der Waals surface area contributed by atoms with Gasteiger partial charge in [-0.3, -0.25) is 4.79 Å². The molecule has 1 aromatic carbocycles. The maximum atomic E-state index is 12.5. The predicted octanol–water partition coefficient (Wildman–Crippen LogP) is 2.42. The van der Waals surface area contributed by atoms with Gasteiger partial charge in [-0.15, -0.1) is 11.3 Å². The minimum atomic E-state index is -3.22. The molecule has 0 radical (unpaired) electrons. The van der Waals surface area contributed by atoms with Gasteiger partial charge in [-0.25, -0.2) is 8.42 Å². The summed E-state index contributed by atoms with van der Waals surface area (Å²) in [5.41, 5.74) is 1.37. The van der Waals surface area contributed by atoms with Gasteiger partial charge >= 0.3 is 0 Å². The maximum Gasteiger partial charge on any atom is 0.253 e. The fourth-order valence-corrected chi connectivity index (χ4v) is 5.12. The van der Waals surface area contributed by atoms with Crippen LogP contribution in [0.3, 0.4) is 0 Å². The SMILES string of the molecule is CCS(=O)(=O)c1ccc(-c2cccc(C(=O)N3CCC(O)C3)c2)s1. The van der Waals surface area contributed by atoms with Gasteiger partial charge in [-0.05, 0) is 36.2 Å². The molecule has 1 amide bonds. The second kappa shape index (κ2) is 6.66. The van der Waals surface area contributed by atoms with Crippen molar-refractivity contribution in [3.63, 3.8) is 0 Å². The van der Waals surface area contributed by atoms with Gasteiger partial charge in [0.2, 0.25) is 0 Å². The number of benzene rings is 1. The van der Waals surface area contributed by atoms with Gasteiger partial charge in [-0.2, -0.15) is 0 Å². The second-order valence-corrected chi connectivity index (χ2v) is 9.39. The van der Waals surface area contributed by atoms with Crippen LogP contribution in [0.25, 0.3) is 10.4 Å². The topological polar surface area (TPSA) is 74.7 Å². The number of aliphatic hydroxyl groups is 1. The van der Waals surface area contributed by atoms with E-state index >= 15 is 0 Å². The fourth-order valence-electron chi connectivity index (χ4n) is 2.70. The molecule has 1 aromatic heterocycles. The van der Waals surface area contributed by atoms with E-state index in [0.29, 0.717) is 29.3 Å². The lowest BCUT2D eigenvalue weighted by Gasteiger charge is -2.15. The third-order valence-electron chi connectivity index (χ3n) is 4.11. The molecular formula is C17H19NO4S2. The van der Waals surface area contributed by atoms with E-state index in [-0.39, 0.29) is 11.7 Å². The molecule has 0 saturated carbocycles. The molecule has 2 aromatic rings. The highest BCUT2D eigenvalue weighted by Crippen LogP contribution is 2.32. The number of aliphatic hydroxyl groups excluding tert-OH is 1. The summed E-state index contributed by atoms with van der Waals surface area (Å²) in [5.74, 6) is -0.0330. The molecule has 24 heavy (non-hydrogen) atoms. The minimum Gasteiger partial charge on any atom is -0.391 e. The van der Waals surface area contributed by atoms with Crippen LogP contribution < -0.4 is 0 Å². The number of β-amino-alcohol motifs (C(OH)–C–C–N with tert-alkyl or cyclic N) is 1. The van der Waals surface area contributed by atoms with Crippen LogP contribution in [0.15, 0.2) is 40.6 Å². The van der Waals surface area contributed by atoms with Crippen LogP contribution in [0.1, 0.15) is 23.7 Å². The quantitative estimate of drug-likeness (QED) is 0.903. The van der Waals surface area contributed by atoms with Crippen molar-refractivity contribution in [3.8, 4) is 10.4 Å². The summed E-state index contributed by atoms with van der Waals surface area (Å²) >= 11 is 1.22. The summed E-state index contributed by atoms with van der Waals surface area (Å²) in [6.45, 7) is 2.54. The van der Waals surface area contributed by atoms with Crippen LogP contribution in [0, 0.1) is 0 Å². The molecule has 5 nitrogen and oxygen atoms in total. The van der Waals surface area contributed by atoms with Crippen molar-refractivity contribution in [2.24, 2.45) is 0 Å². The number of rotatable bonds is 4. The van der Waals surface area contributed by atoms with Crippen LogP contribution in [0.4, 0.5) is 0 Å². The van der Waals surface area contributed by atoms with E-state index in [1.807, 2.05) is 6.07 Å². The largest absolute Gasteiger partial charge is 0.391 e. The Morgan fingerprint density at radius 2 is 2.12 bits per heavy atom. The molecule has 0 aliphatic carbocycles. The molecule has 1 unspecified atom stereocenters. The average Bonchev–Trinajstić information content (AvgIpc) is 3.24. The Balaban J connectivity index is 1.87. The molecule has 3 rings (SSSR count). The summed E-state index contributed by atoms with van der Waals surface area (Å²) in [6, 6.07) is 10.6. The lowest BCUT2D eigenvalue weighted by Crippen LogP contribution is -2.29. The van der Waals surface area contributed by atoms with Crippen molar-refractivity contribution in [2.45, 2.75) is 23.7 Å². The zero-order valence-corrected chi connectivity index (χ0v) is 14.9. The summed E-state index contributed by atoms with van der Waals surface area (Å²) < 4.78 is 24.2. The van der Waals surface area contributed by atoms with Gasteiger partial charge in [0.1, 0.15) is 4.21 Å². The van der Waals surface area contributed by atoms with Crippen molar-refractivity contribution in [3.05, 3.63) is 42.0 Å². The molecule has 0 spiro atoms. The van der Waals surface area contributed by atoms with Crippen molar-refractivity contribution >= 4 is 27.1 Å². The van der Waals surface area contributed by atoms with Crippen LogP contribution in [0.2, 0.25) is 0 Å². The van der Waals surface area contributed by atoms with Gasteiger partial charge in [0.25, 0.3) is 5.91 Å². The van der Waals surface area contributed by atoms with Crippen LogP contribution >= 0.6 is 11.3 Å². The number of nitrogens with zero attached hydrogens (tertiary/aromatic N) is 1. The number of likely N-dealkylation sites (tertiary alicyclic amines) is 1. The number of thiophene rings is 1. The van der Waals surface area contributed by atoms with E-state index in [9.17, 15) is 18.3 Å². The Morgan fingerprint density at radius 1 is 1.33 bits per heavy atom. The molecule has 1 aliphatic rings. The van der Waals surface area contributed by atoms with Gasteiger partial charge in [0, 0.05) is 23.5 Å². The lowest BCUT2D eigenvalue weighted by molar-refractivity contribution is 0.0765. The molecule has 128 valence electrons. The predicted molar refractivity (Wildman–Crippen MR) is 94.0 cm³/mol. The van der Waals surface area contributed by atoms with Gasteiger partial charge in [0.05, 0.1) is 11.9 Å². The van der Waals surface area contributed by atoms with Crippen LogP contribution in [0.5, 0.6) is 0 Å². The lowest BCUT2D eigenvalue weighted by atomic mass is 10.1. The summed E-state index contributed by atoms with van der Waals surface area (Å²) in [5, 5.41) is 9.58. The van der Waals surface area contributed by atoms with E-state index < -0.39 is 15.9 Å². The van der Waals surface area contributed by atoms with Crippen LogP contribution in [-0.2, 0) is 9.84 Å². The van der Waals surface area contributed by atoms with Gasteiger partial charge in [-0.1, -0.05) is 19.1 Å². The van der Waals surface area contributed by atoms with Gasteiger partial charge in [0.15, 0.2) is 9.84 Å². The number of hydrogen-bond donors (Lipinski definition) is 1. The molecule has 1 atom stereocenters. The van der Waals surface area contributed by atoms with Crippen molar-refractivity contribution in [2.75, 3.05) is 18.8 Å². The third kappa shape index (κ3) is 3.38. The molecule has 1 fully saturated rings. The fraction of sp³-hybridized carbons (Fsp3) is 0.353. The molecule has 1 saturated heterocycles. The first kappa shape index (κ1) is 17.1. The number of carbonyl (C=O) groups excluding carboxylic acids is 1. The van der Waals surface area contributed by atoms with Crippen molar-refractivity contribution < 1.29 is 18.3 Å². The Bertz CT molecular complexity index is 857. The highest BCUT2D eigenvalue weighted by Gasteiger charge is 2.25. The van der Waals surface area contributed by atoms with E-state index in [4.69, 9.17) is 0 Å². The highest BCUT2D eigenvalue weighted by molar-refractivity contribution is 7.93. The molecule has 1 N–H and O–H groups in total. The summed E-state index contributed by atoms with van der Waals surface area (Å²) in [4.78, 5) is 15.0. The Kier molecular flexibility index (Phi) is 4.76. The highest BCUT2D eigenvalue weighted by atomic mass is 32.2.